The summed E-state index contributed by atoms with van der Waals surface area (Å²) in [6.07, 6.45) is 8.20. The van der Waals surface area contributed by atoms with Crippen LogP contribution in [0.3, 0.4) is 0 Å². The molecule has 1 saturated carbocycles. The number of nitrogens with zero attached hydrogens (tertiary/aromatic N) is 3. The summed E-state index contributed by atoms with van der Waals surface area (Å²) in [5, 5.41) is 0. The van der Waals surface area contributed by atoms with Gasteiger partial charge in [0.25, 0.3) is 0 Å². The van der Waals surface area contributed by atoms with Gasteiger partial charge in [-0.1, -0.05) is 68.7 Å². The van der Waals surface area contributed by atoms with Crippen molar-refractivity contribution in [2.45, 2.75) is 65.1 Å². The van der Waals surface area contributed by atoms with E-state index in [0.717, 1.165) is 54.7 Å². The average Bonchev–Trinajstić information content (AvgIpc) is 3.39. The van der Waals surface area contributed by atoms with Crippen LogP contribution in [0.1, 0.15) is 62.3 Å². The highest BCUT2D eigenvalue weighted by Gasteiger charge is 2.28. The highest BCUT2D eigenvalue weighted by molar-refractivity contribution is 5.86. The molecule has 0 spiro atoms. The van der Waals surface area contributed by atoms with Crippen LogP contribution in [0.2, 0.25) is 0 Å². The summed E-state index contributed by atoms with van der Waals surface area (Å²) >= 11 is 0. The normalized spacial score (nSPS) is 13.7. The average molecular weight is 516 g/mol. The van der Waals surface area contributed by atoms with Gasteiger partial charge in [0.15, 0.2) is 0 Å². The number of benzene rings is 2. The maximum absolute atomic E-state index is 13.8. The molecule has 1 fully saturated rings. The lowest BCUT2D eigenvalue weighted by atomic mass is 9.88. The molecule has 202 valence electrons. The van der Waals surface area contributed by atoms with Crippen molar-refractivity contribution >= 4 is 11.8 Å². The van der Waals surface area contributed by atoms with E-state index in [4.69, 9.17) is 4.74 Å². The van der Waals surface area contributed by atoms with E-state index in [-0.39, 0.29) is 24.3 Å². The second-order valence-electron chi connectivity index (χ2n) is 10.3. The van der Waals surface area contributed by atoms with Gasteiger partial charge in [0.2, 0.25) is 11.8 Å². The Balaban J connectivity index is 1.52. The van der Waals surface area contributed by atoms with Crippen molar-refractivity contribution in [3.05, 3.63) is 89.7 Å². The van der Waals surface area contributed by atoms with Crippen LogP contribution in [0.4, 0.5) is 0 Å². The molecule has 3 aromatic rings. The van der Waals surface area contributed by atoms with Gasteiger partial charge in [0.1, 0.15) is 5.75 Å². The molecule has 2 amide bonds. The summed E-state index contributed by atoms with van der Waals surface area (Å²) in [6, 6.07) is 22.2. The Bertz CT molecular complexity index is 1170. The number of ether oxygens (including phenoxy) is 1. The van der Waals surface area contributed by atoms with Crippen molar-refractivity contribution in [3.8, 4) is 5.75 Å². The van der Waals surface area contributed by atoms with Gasteiger partial charge >= 0.3 is 0 Å². The predicted molar refractivity (Wildman–Crippen MR) is 151 cm³/mol. The standard InChI is InChI=1S/C32H41N3O3/c1-3-19-34(32(37)28-15-8-5-9-16-28)25-31(36)35(22-26-12-6-4-7-13-26)24-29-17-11-20-33(29)23-27-14-10-18-30(21-27)38-2/h4,6-7,10-14,17-18,20-21,28H,3,5,8-9,15-16,19,22-25H2,1-2H3. The van der Waals surface area contributed by atoms with Crippen LogP contribution in [-0.2, 0) is 29.2 Å². The molecule has 1 aliphatic carbocycles. The first kappa shape index (κ1) is 27.5. The zero-order valence-corrected chi connectivity index (χ0v) is 22.9. The number of rotatable bonds is 12. The van der Waals surface area contributed by atoms with Crippen molar-refractivity contribution in [2.75, 3.05) is 20.2 Å². The molecule has 0 atom stereocenters. The van der Waals surface area contributed by atoms with Crippen LogP contribution < -0.4 is 4.74 Å². The van der Waals surface area contributed by atoms with Gasteiger partial charge in [-0.3, -0.25) is 9.59 Å². The molecular weight excluding hydrogens is 474 g/mol. The Morgan fingerprint density at radius 1 is 0.895 bits per heavy atom. The number of hydrogen-bond donors (Lipinski definition) is 0. The van der Waals surface area contributed by atoms with E-state index in [1.165, 1.54) is 6.42 Å². The number of aromatic nitrogens is 1. The lowest BCUT2D eigenvalue weighted by Crippen LogP contribution is -2.45. The van der Waals surface area contributed by atoms with Crippen LogP contribution in [0.25, 0.3) is 0 Å². The van der Waals surface area contributed by atoms with E-state index in [1.54, 1.807) is 7.11 Å². The molecule has 4 rings (SSSR count). The molecule has 0 saturated heterocycles. The first-order valence-electron chi connectivity index (χ1n) is 13.9. The Hall–Kier alpha value is -3.54. The molecule has 2 aromatic carbocycles. The molecule has 1 heterocycles. The van der Waals surface area contributed by atoms with E-state index in [1.807, 2.05) is 64.4 Å². The van der Waals surface area contributed by atoms with Gasteiger partial charge in [-0.2, -0.15) is 0 Å². The maximum Gasteiger partial charge on any atom is 0.242 e. The molecule has 0 aliphatic heterocycles. The fourth-order valence-corrected chi connectivity index (χ4v) is 5.35. The van der Waals surface area contributed by atoms with Gasteiger partial charge in [-0.15, -0.1) is 0 Å². The van der Waals surface area contributed by atoms with Crippen molar-refractivity contribution in [3.63, 3.8) is 0 Å². The third-order valence-corrected chi connectivity index (χ3v) is 7.42. The van der Waals surface area contributed by atoms with Crippen LogP contribution in [0, 0.1) is 5.92 Å². The molecule has 38 heavy (non-hydrogen) atoms. The summed E-state index contributed by atoms with van der Waals surface area (Å²) in [5.41, 5.74) is 3.26. The largest absolute Gasteiger partial charge is 0.497 e. The Morgan fingerprint density at radius 2 is 1.66 bits per heavy atom. The van der Waals surface area contributed by atoms with E-state index < -0.39 is 0 Å². The predicted octanol–water partition coefficient (Wildman–Crippen LogP) is 5.89. The molecule has 1 aliphatic rings. The Morgan fingerprint density at radius 3 is 2.39 bits per heavy atom. The SMILES string of the molecule is CCCN(CC(=O)N(Cc1ccccc1)Cc1cccn1Cc1cccc(OC)c1)C(=O)C1CCCCC1. The van der Waals surface area contributed by atoms with Crippen molar-refractivity contribution in [2.24, 2.45) is 5.92 Å². The van der Waals surface area contributed by atoms with Crippen LogP contribution >= 0.6 is 0 Å². The Labute approximate surface area is 227 Å². The summed E-state index contributed by atoms with van der Waals surface area (Å²) in [6.45, 7) is 4.48. The van der Waals surface area contributed by atoms with Gasteiger partial charge in [0.05, 0.1) is 20.2 Å². The van der Waals surface area contributed by atoms with E-state index in [2.05, 4.69) is 29.8 Å². The van der Waals surface area contributed by atoms with Crippen LogP contribution in [0.5, 0.6) is 5.75 Å². The minimum atomic E-state index is -0.0133. The monoisotopic (exact) mass is 515 g/mol. The Kier molecular flexibility index (Phi) is 10.0. The zero-order chi connectivity index (χ0) is 26.7. The second-order valence-corrected chi connectivity index (χ2v) is 10.3. The number of hydrogen-bond acceptors (Lipinski definition) is 3. The lowest BCUT2D eigenvalue weighted by molar-refractivity contribution is -0.144. The highest BCUT2D eigenvalue weighted by atomic mass is 16.5. The van der Waals surface area contributed by atoms with Crippen molar-refractivity contribution in [1.82, 2.24) is 14.4 Å². The van der Waals surface area contributed by atoms with E-state index in [9.17, 15) is 9.59 Å². The second kappa shape index (κ2) is 13.8. The number of amides is 2. The molecule has 0 bridgehead atoms. The van der Waals surface area contributed by atoms with Crippen LogP contribution in [-0.4, -0.2) is 46.4 Å². The third kappa shape index (κ3) is 7.50. The summed E-state index contributed by atoms with van der Waals surface area (Å²) < 4.78 is 7.57. The van der Waals surface area contributed by atoms with Gasteiger partial charge in [-0.25, -0.2) is 0 Å². The highest BCUT2D eigenvalue weighted by Crippen LogP contribution is 2.26. The first-order valence-corrected chi connectivity index (χ1v) is 13.9. The fourth-order valence-electron chi connectivity index (χ4n) is 5.35. The molecule has 6 nitrogen and oxygen atoms in total. The molecule has 0 radical (unpaired) electrons. The summed E-state index contributed by atoms with van der Waals surface area (Å²) in [4.78, 5) is 30.9. The third-order valence-electron chi connectivity index (χ3n) is 7.42. The minimum Gasteiger partial charge on any atom is -0.497 e. The smallest absolute Gasteiger partial charge is 0.242 e. The van der Waals surface area contributed by atoms with E-state index in [0.29, 0.717) is 26.2 Å². The van der Waals surface area contributed by atoms with Gasteiger partial charge in [-0.05, 0) is 54.7 Å². The van der Waals surface area contributed by atoms with Gasteiger partial charge in [0, 0.05) is 37.4 Å². The summed E-state index contributed by atoms with van der Waals surface area (Å²) in [7, 11) is 1.67. The maximum atomic E-state index is 13.8. The van der Waals surface area contributed by atoms with Crippen molar-refractivity contribution < 1.29 is 14.3 Å². The van der Waals surface area contributed by atoms with Crippen LogP contribution in [0.15, 0.2) is 72.9 Å². The van der Waals surface area contributed by atoms with Gasteiger partial charge < -0.3 is 19.1 Å². The number of methoxy groups -OCH3 is 1. The summed E-state index contributed by atoms with van der Waals surface area (Å²) in [5.74, 6) is 1.03. The molecule has 1 aromatic heterocycles. The topological polar surface area (TPSA) is 54.8 Å². The molecular formula is C32H41N3O3. The molecule has 0 N–H and O–H groups in total. The molecule has 0 unspecified atom stereocenters. The number of carbonyl (C=O) groups is 2. The van der Waals surface area contributed by atoms with Crippen molar-refractivity contribution in [1.29, 1.82) is 0 Å². The minimum absolute atomic E-state index is 0.0133. The lowest BCUT2D eigenvalue weighted by Gasteiger charge is -2.31. The number of carbonyl (C=O) groups excluding carboxylic acids is 2. The zero-order valence-electron chi connectivity index (χ0n) is 22.9. The quantitative estimate of drug-likeness (QED) is 0.302. The molecule has 6 heteroatoms. The fraction of sp³-hybridized carbons (Fsp3) is 0.438. The van der Waals surface area contributed by atoms with E-state index >= 15 is 0 Å². The first-order chi connectivity index (χ1) is 18.6.